The first-order valence-corrected chi connectivity index (χ1v) is 9.03. The van der Waals surface area contributed by atoms with E-state index in [-0.39, 0.29) is 23.0 Å². The zero-order chi connectivity index (χ0) is 22.1. The molecule has 10 nitrogen and oxygen atoms in total. The van der Waals surface area contributed by atoms with Crippen LogP contribution in [-0.2, 0) is 4.74 Å². The molecule has 3 aromatic rings. The molecule has 1 aromatic heterocycles. The average molecular weight is 417 g/mol. The summed E-state index contributed by atoms with van der Waals surface area (Å²) in [5, 5.41) is 28.1. The van der Waals surface area contributed by atoms with Crippen molar-refractivity contribution in [1.29, 1.82) is 5.26 Å². The number of hydrogen-bond acceptors (Lipinski definition) is 8. The van der Waals surface area contributed by atoms with Gasteiger partial charge >= 0.3 is 5.97 Å². The highest BCUT2D eigenvalue weighted by molar-refractivity contribution is 5.90. The largest absolute Gasteiger partial charge is 0.465 e. The van der Waals surface area contributed by atoms with Gasteiger partial charge in [0.25, 0.3) is 5.69 Å². The second kappa shape index (κ2) is 7.64. The maximum absolute atomic E-state index is 11.7. The summed E-state index contributed by atoms with van der Waals surface area (Å²) in [6.45, 7) is 0. The van der Waals surface area contributed by atoms with Gasteiger partial charge in [-0.05, 0) is 17.7 Å². The Bertz CT molecular complexity index is 1270. The number of esters is 1. The molecule has 1 atom stereocenters. The van der Waals surface area contributed by atoms with Gasteiger partial charge in [-0.1, -0.05) is 24.3 Å². The summed E-state index contributed by atoms with van der Waals surface area (Å²) in [5.74, 6) is -1.16. The van der Waals surface area contributed by atoms with Crippen LogP contribution in [0.1, 0.15) is 27.4 Å². The maximum atomic E-state index is 11.7. The Hall–Kier alpha value is -4.65. The van der Waals surface area contributed by atoms with Crippen LogP contribution >= 0.6 is 0 Å². The molecule has 1 aliphatic rings. The molecule has 0 saturated carbocycles. The van der Waals surface area contributed by atoms with E-state index in [2.05, 4.69) is 10.2 Å². The van der Waals surface area contributed by atoms with E-state index in [0.717, 1.165) is 0 Å². The zero-order valence-electron chi connectivity index (χ0n) is 16.2. The second-order valence-electron chi connectivity index (χ2n) is 6.66. The fourth-order valence-corrected chi connectivity index (χ4v) is 3.51. The number of benzene rings is 2. The lowest BCUT2D eigenvalue weighted by Gasteiger charge is -2.24. The van der Waals surface area contributed by atoms with Crippen LogP contribution in [0, 0.1) is 21.4 Å². The predicted octanol–water partition coefficient (Wildman–Crippen LogP) is 2.99. The number of nitro benzene ring substituents is 1. The topological polar surface area (TPSA) is 157 Å². The molecule has 0 spiro atoms. The highest BCUT2D eigenvalue weighted by atomic mass is 16.6. The summed E-state index contributed by atoms with van der Waals surface area (Å²) in [6.07, 6.45) is 0. The molecule has 31 heavy (non-hydrogen) atoms. The molecule has 1 aliphatic heterocycles. The summed E-state index contributed by atoms with van der Waals surface area (Å²) in [7, 11) is 1.29. The van der Waals surface area contributed by atoms with E-state index in [1.165, 1.54) is 19.2 Å². The van der Waals surface area contributed by atoms with E-state index in [1.807, 2.05) is 6.07 Å². The molecule has 0 aliphatic carbocycles. The molecule has 0 fully saturated rings. The van der Waals surface area contributed by atoms with Crippen molar-refractivity contribution in [2.45, 2.75) is 5.92 Å². The van der Waals surface area contributed by atoms with Crippen LogP contribution in [0.2, 0.25) is 0 Å². The van der Waals surface area contributed by atoms with E-state index in [4.69, 9.17) is 15.2 Å². The van der Waals surface area contributed by atoms with E-state index in [9.17, 15) is 20.2 Å². The Morgan fingerprint density at radius 1 is 1.32 bits per heavy atom. The van der Waals surface area contributed by atoms with E-state index in [0.29, 0.717) is 27.9 Å². The lowest BCUT2D eigenvalue weighted by atomic mass is 9.83. The number of carbonyl (C=O) groups is 1. The predicted molar refractivity (Wildman–Crippen MR) is 108 cm³/mol. The molecule has 154 valence electrons. The van der Waals surface area contributed by atoms with Gasteiger partial charge < -0.3 is 15.2 Å². The van der Waals surface area contributed by atoms with Gasteiger partial charge in [0.15, 0.2) is 0 Å². The minimum absolute atomic E-state index is 0.113. The van der Waals surface area contributed by atoms with Crippen molar-refractivity contribution in [1.82, 2.24) is 10.2 Å². The number of carbonyl (C=O) groups excluding carboxylic acids is 1. The first-order valence-electron chi connectivity index (χ1n) is 9.03. The van der Waals surface area contributed by atoms with Crippen molar-refractivity contribution in [2.75, 3.05) is 7.11 Å². The highest BCUT2D eigenvalue weighted by Crippen LogP contribution is 2.46. The van der Waals surface area contributed by atoms with Crippen LogP contribution in [0.3, 0.4) is 0 Å². The molecule has 1 unspecified atom stereocenters. The zero-order valence-corrected chi connectivity index (χ0v) is 16.2. The molecule has 0 bridgehead atoms. The number of hydrogen-bond donors (Lipinski definition) is 2. The molecule has 3 N–H and O–H groups in total. The van der Waals surface area contributed by atoms with Crippen molar-refractivity contribution < 1.29 is 19.2 Å². The lowest BCUT2D eigenvalue weighted by molar-refractivity contribution is -0.384. The lowest BCUT2D eigenvalue weighted by Crippen LogP contribution is -2.21. The van der Waals surface area contributed by atoms with E-state index >= 15 is 0 Å². The maximum Gasteiger partial charge on any atom is 0.337 e. The van der Waals surface area contributed by atoms with Gasteiger partial charge in [-0.3, -0.25) is 15.2 Å². The molecule has 4 rings (SSSR count). The summed E-state index contributed by atoms with van der Waals surface area (Å²) in [6, 6.07) is 14.6. The summed E-state index contributed by atoms with van der Waals surface area (Å²) in [4.78, 5) is 22.5. The third kappa shape index (κ3) is 3.34. The SMILES string of the molecule is COC(=O)c1ccc(-c2[nH]nc3c2C(c2cccc([N+](=O)[O-])c2)C(C#N)=C(N)O3)cc1. The molecular weight excluding hydrogens is 402 g/mol. The molecular formula is C21H15N5O5. The fourth-order valence-electron chi connectivity index (χ4n) is 3.51. The van der Waals surface area contributed by atoms with Gasteiger partial charge in [0.05, 0.1) is 34.8 Å². The monoisotopic (exact) mass is 417 g/mol. The fraction of sp³-hybridized carbons (Fsp3) is 0.0952. The third-order valence-corrected chi connectivity index (χ3v) is 4.95. The van der Waals surface area contributed by atoms with Crippen LogP contribution in [0.4, 0.5) is 5.69 Å². The number of methoxy groups -OCH3 is 1. The number of nitrogens with two attached hydrogens (primary N) is 1. The van der Waals surface area contributed by atoms with E-state index in [1.54, 1.807) is 36.4 Å². The Balaban J connectivity index is 1.88. The molecule has 10 heteroatoms. The van der Waals surface area contributed by atoms with Crippen molar-refractivity contribution in [3.05, 3.63) is 86.8 Å². The smallest absolute Gasteiger partial charge is 0.337 e. The average Bonchev–Trinajstić information content (AvgIpc) is 3.20. The van der Waals surface area contributed by atoms with E-state index < -0.39 is 16.8 Å². The van der Waals surface area contributed by atoms with Gasteiger partial charge in [0, 0.05) is 17.7 Å². The Morgan fingerprint density at radius 3 is 2.71 bits per heavy atom. The van der Waals surface area contributed by atoms with Crippen molar-refractivity contribution in [3.8, 4) is 23.2 Å². The van der Waals surface area contributed by atoms with Gasteiger partial charge in [-0.25, -0.2) is 4.79 Å². The van der Waals surface area contributed by atoms with Gasteiger partial charge in [-0.15, -0.1) is 5.10 Å². The first-order chi connectivity index (χ1) is 14.9. The van der Waals surface area contributed by atoms with Crippen LogP contribution in [-0.4, -0.2) is 28.2 Å². The standard InChI is InChI=1S/C21H15N5O5/c1-30-21(27)12-7-5-11(6-8-12)18-17-16(13-3-2-4-14(9-13)26(28)29)15(10-22)19(23)31-20(17)25-24-18/h2-9,16H,23H2,1H3,(H,24,25). The Labute approximate surface area is 175 Å². The number of non-ortho nitro benzene ring substituents is 1. The molecule has 0 saturated heterocycles. The summed E-state index contributed by atoms with van der Waals surface area (Å²) >= 11 is 0. The minimum atomic E-state index is -0.734. The molecule has 2 heterocycles. The first kappa shape index (κ1) is 19.7. The van der Waals surface area contributed by atoms with Crippen LogP contribution in [0.15, 0.2) is 60.0 Å². The number of aromatic amines is 1. The van der Waals surface area contributed by atoms with Crippen LogP contribution < -0.4 is 10.5 Å². The highest BCUT2D eigenvalue weighted by Gasteiger charge is 2.36. The summed E-state index contributed by atoms with van der Waals surface area (Å²) in [5.41, 5.74) is 8.51. The quantitative estimate of drug-likeness (QED) is 0.372. The van der Waals surface area contributed by atoms with Gasteiger partial charge in [-0.2, -0.15) is 5.26 Å². The number of fused-ring (bicyclic) bond motifs is 1. The van der Waals surface area contributed by atoms with Crippen molar-refractivity contribution in [3.63, 3.8) is 0 Å². The second-order valence-corrected chi connectivity index (χ2v) is 6.66. The molecule has 2 aromatic carbocycles. The normalized spacial score (nSPS) is 14.9. The number of aromatic nitrogens is 2. The number of rotatable bonds is 4. The summed E-state index contributed by atoms with van der Waals surface area (Å²) < 4.78 is 10.2. The number of nitriles is 1. The van der Waals surface area contributed by atoms with Crippen molar-refractivity contribution in [2.24, 2.45) is 5.73 Å². The number of H-pyrrole nitrogens is 1. The van der Waals surface area contributed by atoms with Crippen LogP contribution in [0.5, 0.6) is 5.88 Å². The number of nitro groups is 1. The number of nitrogens with one attached hydrogen (secondary N) is 1. The Kier molecular flexibility index (Phi) is 4.85. The van der Waals surface area contributed by atoms with Gasteiger partial charge in [0.2, 0.25) is 11.8 Å². The van der Waals surface area contributed by atoms with Crippen molar-refractivity contribution >= 4 is 11.7 Å². The number of nitrogens with zero attached hydrogens (tertiary/aromatic N) is 3. The number of ether oxygens (including phenoxy) is 2. The molecule has 0 radical (unpaired) electrons. The number of allylic oxidation sites excluding steroid dienone is 1. The van der Waals surface area contributed by atoms with Gasteiger partial charge in [0.1, 0.15) is 11.6 Å². The third-order valence-electron chi connectivity index (χ3n) is 4.95. The van der Waals surface area contributed by atoms with Crippen LogP contribution in [0.25, 0.3) is 11.3 Å². The molecule has 0 amide bonds. The minimum Gasteiger partial charge on any atom is -0.465 e. The Morgan fingerprint density at radius 2 is 2.06 bits per heavy atom.